The monoisotopic (exact) mass is 750 g/mol. The smallest absolute Gasteiger partial charge is 0.822 e. The first-order valence-corrected chi connectivity index (χ1v) is 16.9. The quantitative estimate of drug-likeness (QED) is 0.0926. The van der Waals surface area contributed by atoms with E-state index in [0.29, 0.717) is 6.61 Å². The molecule has 0 aromatic carbocycles. The van der Waals surface area contributed by atoms with Crippen LogP contribution in [0.1, 0.15) is 155 Å². The Kier molecular flexibility index (Phi) is 58.0. The molecule has 0 heterocycles. The minimum atomic E-state index is -5.39. The Labute approximate surface area is 277 Å². The molecular formula is C25H52O9P2Zn3. The van der Waals surface area contributed by atoms with Gasteiger partial charge in [-0.05, 0) is 6.42 Å². The minimum absolute atomic E-state index is 0. The maximum atomic E-state index is 8.73. The molecule has 0 rings (SSSR count). The van der Waals surface area contributed by atoms with Crippen molar-refractivity contribution in [3.8, 4) is 0 Å². The van der Waals surface area contributed by atoms with E-state index in [1.807, 2.05) is 0 Å². The van der Waals surface area contributed by atoms with Gasteiger partial charge in [-0.2, -0.15) is 15.6 Å². The van der Waals surface area contributed by atoms with E-state index in [-0.39, 0.29) is 58.4 Å². The first kappa shape index (κ1) is 53.6. The van der Waals surface area contributed by atoms with Gasteiger partial charge in [-0.25, -0.2) is 0 Å². The van der Waals surface area contributed by atoms with Gasteiger partial charge in [-0.15, -0.1) is 0 Å². The molecular weight excluding hydrogens is 702 g/mol. The predicted molar refractivity (Wildman–Crippen MR) is 134 cm³/mol. The van der Waals surface area contributed by atoms with Crippen LogP contribution in [0.2, 0.25) is 0 Å². The number of rotatable bonds is 23. The Morgan fingerprint density at radius 3 is 0.641 bits per heavy atom. The molecule has 0 bridgehead atoms. The van der Waals surface area contributed by atoms with Crippen LogP contribution < -0.4 is 29.4 Å². The van der Waals surface area contributed by atoms with E-state index in [1.165, 1.54) is 141 Å². The van der Waals surface area contributed by atoms with Crippen molar-refractivity contribution in [3.05, 3.63) is 0 Å². The second-order valence-corrected chi connectivity index (χ2v) is 11.2. The topological polar surface area (TPSA) is 193 Å². The largest absolute Gasteiger partial charge is 2.00 e. The molecule has 0 amide bonds. The molecule has 0 saturated carbocycles. The molecule has 14 heteroatoms. The van der Waals surface area contributed by atoms with Crippen LogP contribution >= 0.6 is 15.6 Å². The molecule has 0 aromatic heterocycles. The Morgan fingerprint density at radius 1 is 0.385 bits per heavy atom. The van der Waals surface area contributed by atoms with E-state index in [9.17, 15) is 0 Å². The fourth-order valence-electron chi connectivity index (χ4n) is 3.90. The molecule has 9 nitrogen and oxygen atoms in total. The van der Waals surface area contributed by atoms with Gasteiger partial charge in [0.05, 0.1) is 0 Å². The summed E-state index contributed by atoms with van der Waals surface area (Å²) in [5.41, 5.74) is 0. The number of aliphatic hydroxyl groups is 1. The third-order valence-corrected chi connectivity index (χ3v) is 5.76. The van der Waals surface area contributed by atoms with Crippen molar-refractivity contribution in [1.29, 1.82) is 0 Å². The Morgan fingerprint density at radius 2 is 0.513 bits per heavy atom. The van der Waals surface area contributed by atoms with E-state index in [1.54, 1.807) is 0 Å². The summed E-state index contributed by atoms with van der Waals surface area (Å²) < 4.78 is 17.1. The van der Waals surface area contributed by atoms with Gasteiger partial charge in [0.15, 0.2) is 0 Å². The first-order chi connectivity index (χ1) is 16.9. The number of unbranched alkanes of at least 4 members (excludes halogenated alkanes) is 22. The summed E-state index contributed by atoms with van der Waals surface area (Å²) in [6.07, 6.45) is 32.6. The van der Waals surface area contributed by atoms with Gasteiger partial charge in [0.25, 0.3) is 0 Å². The Bertz CT molecular complexity index is 451. The van der Waals surface area contributed by atoms with E-state index in [4.69, 9.17) is 43.6 Å². The van der Waals surface area contributed by atoms with Gasteiger partial charge in [0, 0.05) is 6.61 Å². The van der Waals surface area contributed by atoms with E-state index >= 15 is 0 Å². The zero-order valence-corrected chi connectivity index (χ0v) is 35.4. The van der Waals surface area contributed by atoms with Crippen molar-refractivity contribution in [2.75, 3.05) is 6.61 Å². The van der Waals surface area contributed by atoms with Crippen molar-refractivity contribution in [1.82, 2.24) is 0 Å². The molecule has 0 fully saturated rings. The maximum Gasteiger partial charge on any atom is 2.00 e. The van der Waals surface area contributed by atoms with Crippen LogP contribution in [0.25, 0.3) is 0 Å². The van der Waals surface area contributed by atoms with Crippen LogP contribution in [0, 0.1) is 0 Å². The fraction of sp³-hybridized carbons (Fsp3) is 1.00. The minimum Gasteiger partial charge on any atom is -0.822 e. The Balaban J connectivity index is -0.000000178. The van der Waals surface area contributed by atoms with E-state index in [2.05, 4.69) is 6.92 Å². The molecule has 0 radical (unpaired) electrons. The summed E-state index contributed by atoms with van der Waals surface area (Å²) >= 11 is 0. The number of hydrogen-bond donors (Lipinski definition) is 1. The molecule has 0 aliphatic carbocycles. The SMILES string of the molecule is CCCCCCCCCCCCCCCCCCCCCCCCCO.O=P([O-])([O-])[O-].O=P([O-])([O-])[O-].[Zn+2].[Zn+2].[Zn+2]. The third kappa shape index (κ3) is 92.4. The maximum absolute atomic E-state index is 8.73. The first-order valence-electron chi connectivity index (χ1n) is 14.0. The average Bonchev–Trinajstić information content (AvgIpc) is 2.75. The van der Waals surface area contributed by atoms with Crippen LogP contribution in [0.3, 0.4) is 0 Å². The van der Waals surface area contributed by atoms with Crippen molar-refractivity contribution in [2.45, 2.75) is 155 Å². The third-order valence-electron chi connectivity index (χ3n) is 5.76. The summed E-state index contributed by atoms with van der Waals surface area (Å²) in [6, 6.07) is 0. The Hall–Kier alpha value is 2.05. The van der Waals surface area contributed by atoms with Gasteiger partial charge in [0.2, 0.25) is 0 Å². The van der Waals surface area contributed by atoms with Crippen LogP contribution in [0.15, 0.2) is 0 Å². The predicted octanol–water partition coefficient (Wildman–Crippen LogP) is 3.31. The van der Waals surface area contributed by atoms with Crippen LogP contribution in [0.5, 0.6) is 0 Å². The number of phosphoric acid groups is 2. The average molecular weight is 755 g/mol. The molecule has 1 N–H and O–H groups in total. The molecule has 0 unspecified atom stereocenters. The molecule has 0 saturated heterocycles. The van der Waals surface area contributed by atoms with Crippen molar-refractivity contribution < 1.29 is 102 Å². The molecule has 0 aliphatic rings. The van der Waals surface area contributed by atoms with Crippen molar-refractivity contribution in [2.24, 2.45) is 0 Å². The fourth-order valence-corrected chi connectivity index (χ4v) is 3.90. The van der Waals surface area contributed by atoms with E-state index < -0.39 is 15.6 Å². The second-order valence-electron chi connectivity index (χ2n) is 9.40. The van der Waals surface area contributed by atoms with Gasteiger partial charge in [-0.3, -0.25) is 0 Å². The summed E-state index contributed by atoms with van der Waals surface area (Å²) in [7, 11) is -10.8. The normalized spacial score (nSPS) is 10.6. The van der Waals surface area contributed by atoms with Crippen LogP contribution in [0.4, 0.5) is 0 Å². The van der Waals surface area contributed by atoms with Gasteiger partial charge in [-0.1, -0.05) is 148 Å². The molecule has 0 aliphatic heterocycles. The van der Waals surface area contributed by atoms with Crippen LogP contribution in [-0.2, 0) is 67.6 Å². The summed E-state index contributed by atoms with van der Waals surface area (Å²) in [5.74, 6) is 0. The van der Waals surface area contributed by atoms with Gasteiger partial charge < -0.3 is 43.6 Å². The zero-order valence-electron chi connectivity index (χ0n) is 24.7. The second kappa shape index (κ2) is 42.2. The molecule has 0 atom stereocenters. The van der Waals surface area contributed by atoms with Crippen molar-refractivity contribution in [3.63, 3.8) is 0 Å². The molecule has 0 aromatic rings. The number of aliphatic hydroxyl groups excluding tert-OH is 1. The summed E-state index contributed by atoms with van der Waals surface area (Å²) in [5, 5.41) is 8.73. The zero-order chi connectivity index (χ0) is 28.0. The van der Waals surface area contributed by atoms with Crippen LogP contribution in [-0.4, -0.2) is 11.7 Å². The number of hydrogen-bond acceptors (Lipinski definition) is 9. The van der Waals surface area contributed by atoms with Crippen molar-refractivity contribution >= 4 is 15.6 Å². The molecule has 222 valence electrons. The standard InChI is InChI=1S/C25H52O.2H3O4P.3Zn/c1-2-3-4-5-6-7-8-9-10-11-12-13-14-15-16-17-18-19-20-21-22-23-24-25-26;2*1-5(2,3)4;;;/h26H,2-25H2,1H3;2*(H3,1,2,3,4);;;/q;;;3*+2/p-6. The molecule has 0 spiro atoms. The summed E-state index contributed by atoms with van der Waals surface area (Å²) in [4.78, 5) is 51.3. The van der Waals surface area contributed by atoms with Gasteiger partial charge in [0.1, 0.15) is 0 Å². The van der Waals surface area contributed by atoms with E-state index in [0.717, 1.165) is 6.42 Å². The van der Waals surface area contributed by atoms with Gasteiger partial charge >= 0.3 is 58.4 Å². The molecule has 39 heavy (non-hydrogen) atoms. The summed E-state index contributed by atoms with van der Waals surface area (Å²) in [6.45, 7) is 2.67.